The molecule has 0 saturated heterocycles. The number of hydrogen-bond acceptors (Lipinski definition) is 3. The van der Waals surface area contributed by atoms with Crippen molar-refractivity contribution in [2.24, 2.45) is 5.92 Å². The molecule has 3 rings (SSSR count). The SMILES string of the molecule is CC(C)Cn1c2ccccc2c2cc(C(C#N)=C(C#N)C#N)ccc21. The van der Waals surface area contributed by atoms with E-state index in [0.29, 0.717) is 11.5 Å². The first kappa shape index (κ1) is 16.3. The summed E-state index contributed by atoms with van der Waals surface area (Å²) in [6, 6.07) is 19.5. The number of aromatic nitrogens is 1. The molecule has 0 bridgehead atoms. The molecule has 0 saturated carbocycles. The van der Waals surface area contributed by atoms with Crippen LogP contribution in [0.5, 0.6) is 0 Å². The van der Waals surface area contributed by atoms with Gasteiger partial charge in [0.1, 0.15) is 23.8 Å². The van der Waals surface area contributed by atoms with Crippen molar-refractivity contribution < 1.29 is 0 Å². The number of nitriles is 3. The van der Waals surface area contributed by atoms with Gasteiger partial charge in [-0.15, -0.1) is 0 Å². The second kappa shape index (κ2) is 6.52. The Kier molecular flexibility index (Phi) is 4.25. The van der Waals surface area contributed by atoms with Crippen molar-refractivity contribution in [2.45, 2.75) is 20.4 Å². The molecule has 0 unspecified atom stereocenters. The van der Waals surface area contributed by atoms with Gasteiger partial charge in [0.2, 0.25) is 0 Å². The van der Waals surface area contributed by atoms with Crippen molar-refractivity contribution in [1.82, 2.24) is 4.57 Å². The van der Waals surface area contributed by atoms with Crippen LogP contribution in [0.25, 0.3) is 27.4 Å². The number of nitrogens with zero attached hydrogens (tertiary/aromatic N) is 4. The molecule has 0 aliphatic carbocycles. The van der Waals surface area contributed by atoms with Crippen molar-refractivity contribution in [1.29, 1.82) is 15.8 Å². The Morgan fingerprint density at radius 3 is 2.24 bits per heavy atom. The van der Waals surface area contributed by atoms with Crippen LogP contribution < -0.4 is 0 Å². The van der Waals surface area contributed by atoms with Crippen LogP contribution in [0, 0.1) is 39.9 Å². The zero-order valence-electron chi connectivity index (χ0n) is 14.1. The van der Waals surface area contributed by atoms with Gasteiger partial charge in [0, 0.05) is 28.4 Å². The van der Waals surface area contributed by atoms with E-state index in [2.05, 4.69) is 30.5 Å². The van der Waals surface area contributed by atoms with Crippen molar-refractivity contribution in [3.05, 3.63) is 53.6 Å². The highest BCUT2D eigenvalue weighted by Gasteiger charge is 2.14. The summed E-state index contributed by atoms with van der Waals surface area (Å²) in [7, 11) is 0. The van der Waals surface area contributed by atoms with Crippen LogP contribution in [0.2, 0.25) is 0 Å². The standard InChI is InChI=1S/C21H16N4/c1-14(2)13-25-20-6-4-3-5-17(20)18-9-15(7-8-21(18)25)19(12-24)16(10-22)11-23/h3-9,14H,13H2,1-2H3. The molecule has 0 radical (unpaired) electrons. The van der Waals surface area contributed by atoms with Gasteiger partial charge in [0.25, 0.3) is 0 Å². The molecule has 2 aromatic carbocycles. The third-order valence-electron chi connectivity index (χ3n) is 4.19. The molecule has 0 atom stereocenters. The van der Waals surface area contributed by atoms with Crippen molar-refractivity contribution in [2.75, 3.05) is 0 Å². The number of hydrogen-bond donors (Lipinski definition) is 0. The van der Waals surface area contributed by atoms with Crippen molar-refractivity contribution in [3.63, 3.8) is 0 Å². The first-order chi connectivity index (χ1) is 12.1. The Hall–Kier alpha value is -3.55. The summed E-state index contributed by atoms with van der Waals surface area (Å²) >= 11 is 0. The van der Waals surface area contributed by atoms with Crippen LogP contribution >= 0.6 is 0 Å². The van der Waals surface area contributed by atoms with Gasteiger partial charge in [-0.05, 0) is 29.7 Å². The highest BCUT2D eigenvalue weighted by molar-refractivity contribution is 6.09. The predicted octanol–water partition coefficient (Wildman–Crippen LogP) is 4.77. The van der Waals surface area contributed by atoms with Gasteiger partial charge in [0.05, 0.1) is 5.57 Å². The van der Waals surface area contributed by atoms with Gasteiger partial charge in [-0.25, -0.2) is 0 Å². The molecule has 0 amide bonds. The Balaban J connectivity index is 2.35. The molecule has 4 heteroatoms. The number of allylic oxidation sites excluding steroid dienone is 2. The number of benzene rings is 2. The van der Waals surface area contributed by atoms with Gasteiger partial charge < -0.3 is 4.57 Å². The normalized spacial score (nSPS) is 10.4. The second-order valence-electron chi connectivity index (χ2n) is 6.34. The highest BCUT2D eigenvalue weighted by Crippen LogP contribution is 2.32. The first-order valence-corrected chi connectivity index (χ1v) is 8.06. The predicted molar refractivity (Wildman–Crippen MR) is 98.0 cm³/mol. The van der Waals surface area contributed by atoms with E-state index < -0.39 is 0 Å². The lowest BCUT2D eigenvalue weighted by Crippen LogP contribution is -2.03. The molecule has 0 N–H and O–H groups in total. The van der Waals surface area contributed by atoms with E-state index in [9.17, 15) is 5.26 Å². The average Bonchev–Trinajstić information content (AvgIpc) is 2.92. The minimum atomic E-state index is -0.159. The first-order valence-electron chi connectivity index (χ1n) is 8.06. The quantitative estimate of drug-likeness (QED) is 0.651. The minimum absolute atomic E-state index is 0.118. The van der Waals surface area contributed by atoms with Crippen LogP contribution in [0.15, 0.2) is 48.0 Å². The Labute approximate surface area is 146 Å². The molecule has 25 heavy (non-hydrogen) atoms. The van der Waals surface area contributed by atoms with E-state index in [1.165, 1.54) is 0 Å². The lowest BCUT2D eigenvalue weighted by atomic mass is 10.00. The fourth-order valence-electron chi connectivity index (χ4n) is 3.17. The Morgan fingerprint density at radius 2 is 1.60 bits per heavy atom. The second-order valence-corrected chi connectivity index (χ2v) is 6.34. The summed E-state index contributed by atoms with van der Waals surface area (Å²) in [6.45, 7) is 5.25. The highest BCUT2D eigenvalue weighted by atomic mass is 15.0. The van der Waals surface area contributed by atoms with E-state index in [4.69, 9.17) is 10.5 Å². The zero-order valence-corrected chi connectivity index (χ0v) is 14.1. The third kappa shape index (κ3) is 2.74. The lowest BCUT2D eigenvalue weighted by molar-refractivity contribution is 0.545. The maximum Gasteiger partial charge on any atom is 0.148 e. The Bertz CT molecular complexity index is 1110. The molecular formula is C21H16N4. The van der Waals surface area contributed by atoms with Crippen LogP contribution in [0.4, 0.5) is 0 Å². The summed E-state index contributed by atoms with van der Waals surface area (Å²) in [5.41, 5.74) is 2.79. The molecule has 1 heterocycles. The van der Waals surface area contributed by atoms with Gasteiger partial charge in [-0.3, -0.25) is 0 Å². The monoisotopic (exact) mass is 324 g/mol. The Morgan fingerprint density at radius 1 is 0.920 bits per heavy atom. The molecule has 0 aliphatic rings. The summed E-state index contributed by atoms with van der Waals surface area (Å²) < 4.78 is 2.28. The molecule has 120 valence electrons. The molecule has 3 aromatic rings. The number of fused-ring (bicyclic) bond motifs is 3. The van der Waals surface area contributed by atoms with E-state index in [0.717, 1.165) is 28.4 Å². The van der Waals surface area contributed by atoms with E-state index >= 15 is 0 Å². The maximum absolute atomic E-state index is 9.41. The lowest BCUT2D eigenvalue weighted by Gasteiger charge is -2.10. The van der Waals surface area contributed by atoms with Gasteiger partial charge in [-0.1, -0.05) is 38.1 Å². The van der Waals surface area contributed by atoms with Gasteiger partial charge in [0.15, 0.2) is 0 Å². The van der Waals surface area contributed by atoms with E-state index in [1.54, 1.807) is 0 Å². The number of para-hydroxylation sites is 1. The number of rotatable bonds is 3. The summed E-state index contributed by atoms with van der Waals surface area (Å²) in [5.74, 6) is 0.497. The summed E-state index contributed by atoms with van der Waals surface area (Å²) in [5, 5.41) is 29.7. The van der Waals surface area contributed by atoms with Gasteiger partial charge >= 0.3 is 0 Å². The summed E-state index contributed by atoms with van der Waals surface area (Å²) in [4.78, 5) is 0. The topological polar surface area (TPSA) is 76.3 Å². The van der Waals surface area contributed by atoms with E-state index in [1.807, 2.05) is 48.5 Å². The largest absolute Gasteiger partial charge is 0.340 e. The third-order valence-corrected chi connectivity index (χ3v) is 4.19. The molecule has 4 nitrogen and oxygen atoms in total. The minimum Gasteiger partial charge on any atom is -0.340 e. The van der Waals surface area contributed by atoms with Crippen LogP contribution in [-0.4, -0.2) is 4.57 Å². The van der Waals surface area contributed by atoms with Crippen molar-refractivity contribution in [3.8, 4) is 18.2 Å². The average molecular weight is 324 g/mol. The fourth-order valence-corrected chi connectivity index (χ4v) is 3.17. The van der Waals surface area contributed by atoms with Crippen molar-refractivity contribution >= 4 is 27.4 Å². The van der Waals surface area contributed by atoms with Crippen LogP contribution in [0.1, 0.15) is 19.4 Å². The van der Waals surface area contributed by atoms with Gasteiger partial charge in [-0.2, -0.15) is 15.8 Å². The smallest absolute Gasteiger partial charge is 0.148 e. The van der Waals surface area contributed by atoms with Crippen LogP contribution in [0.3, 0.4) is 0 Å². The van der Waals surface area contributed by atoms with Crippen LogP contribution in [-0.2, 0) is 6.54 Å². The molecule has 0 aliphatic heterocycles. The maximum atomic E-state index is 9.41. The van der Waals surface area contributed by atoms with E-state index in [-0.39, 0.29) is 11.1 Å². The molecular weight excluding hydrogens is 308 g/mol. The summed E-state index contributed by atoms with van der Waals surface area (Å²) in [6.07, 6.45) is 0. The molecule has 1 aromatic heterocycles. The zero-order chi connectivity index (χ0) is 18.0. The molecule has 0 fully saturated rings. The molecule has 0 spiro atoms. The fraction of sp³-hybridized carbons (Fsp3) is 0.190.